The zero-order valence-corrected chi connectivity index (χ0v) is 14.7. The summed E-state index contributed by atoms with van der Waals surface area (Å²) < 4.78 is 11.5. The lowest BCUT2D eigenvalue weighted by Gasteiger charge is -2.29. The SMILES string of the molecule is CCCC1NC(c2ccc(C)s2)N(C(C)CS(C)=O)C1=O. The first-order chi connectivity index (χ1) is 9.93. The van der Waals surface area contributed by atoms with E-state index in [2.05, 4.69) is 31.3 Å². The molecule has 4 unspecified atom stereocenters. The van der Waals surface area contributed by atoms with Crippen LogP contribution in [0.25, 0.3) is 0 Å². The van der Waals surface area contributed by atoms with Crippen molar-refractivity contribution in [2.24, 2.45) is 0 Å². The van der Waals surface area contributed by atoms with E-state index in [0.29, 0.717) is 5.75 Å². The molecular formula is C15H24N2O2S2. The number of amides is 1. The normalized spacial score (nSPS) is 25.3. The second kappa shape index (κ2) is 7.03. The van der Waals surface area contributed by atoms with Gasteiger partial charge in [-0.05, 0) is 32.4 Å². The molecule has 118 valence electrons. The summed E-state index contributed by atoms with van der Waals surface area (Å²) in [6.45, 7) is 6.15. The summed E-state index contributed by atoms with van der Waals surface area (Å²) in [5.41, 5.74) is 0. The Hall–Kier alpha value is -0.720. The van der Waals surface area contributed by atoms with E-state index >= 15 is 0 Å². The van der Waals surface area contributed by atoms with Crippen molar-refractivity contribution >= 4 is 28.0 Å². The molecule has 1 amide bonds. The van der Waals surface area contributed by atoms with Crippen molar-refractivity contribution in [2.45, 2.75) is 51.9 Å². The van der Waals surface area contributed by atoms with Gasteiger partial charge in [0, 0.05) is 38.6 Å². The van der Waals surface area contributed by atoms with Crippen LogP contribution in [0.4, 0.5) is 0 Å². The highest BCUT2D eigenvalue weighted by molar-refractivity contribution is 7.84. The highest BCUT2D eigenvalue weighted by Crippen LogP contribution is 2.33. The minimum atomic E-state index is -0.906. The number of nitrogens with one attached hydrogen (secondary N) is 1. The van der Waals surface area contributed by atoms with E-state index < -0.39 is 10.8 Å². The summed E-state index contributed by atoms with van der Waals surface area (Å²) in [6.07, 6.45) is 3.43. The van der Waals surface area contributed by atoms with Crippen molar-refractivity contribution in [2.75, 3.05) is 12.0 Å². The maximum atomic E-state index is 12.7. The fraction of sp³-hybridized carbons (Fsp3) is 0.667. The van der Waals surface area contributed by atoms with E-state index in [1.54, 1.807) is 17.6 Å². The molecule has 1 aliphatic heterocycles. The van der Waals surface area contributed by atoms with Crippen LogP contribution < -0.4 is 5.32 Å². The van der Waals surface area contributed by atoms with Crippen molar-refractivity contribution in [1.82, 2.24) is 10.2 Å². The van der Waals surface area contributed by atoms with Crippen LogP contribution in [0.5, 0.6) is 0 Å². The van der Waals surface area contributed by atoms with Crippen molar-refractivity contribution < 1.29 is 9.00 Å². The fourth-order valence-electron chi connectivity index (χ4n) is 2.86. The predicted octanol–water partition coefficient (Wildman–Crippen LogP) is 2.42. The molecule has 1 N–H and O–H groups in total. The van der Waals surface area contributed by atoms with E-state index in [-0.39, 0.29) is 24.2 Å². The van der Waals surface area contributed by atoms with Gasteiger partial charge in [0.15, 0.2) is 0 Å². The topological polar surface area (TPSA) is 49.4 Å². The number of hydrogen-bond acceptors (Lipinski definition) is 4. The zero-order valence-electron chi connectivity index (χ0n) is 13.1. The molecule has 0 radical (unpaired) electrons. The number of aryl methyl sites for hydroxylation is 1. The molecule has 4 atom stereocenters. The van der Waals surface area contributed by atoms with Crippen molar-refractivity contribution in [1.29, 1.82) is 0 Å². The van der Waals surface area contributed by atoms with Crippen LogP contribution in [-0.4, -0.2) is 39.1 Å². The molecule has 0 aromatic carbocycles. The van der Waals surface area contributed by atoms with E-state index in [4.69, 9.17) is 0 Å². The Morgan fingerprint density at radius 2 is 2.19 bits per heavy atom. The van der Waals surface area contributed by atoms with Gasteiger partial charge in [-0.2, -0.15) is 0 Å². The quantitative estimate of drug-likeness (QED) is 0.872. The minimum absolute atomic E-state index is 0.0231. The average molecular weight is 329 g/mol. The standard InChI is InChI=1S/C15H24N2O2S2/c1-5-6-12-15(18)17(10(2)9-21(4)19)14(16-12)13-8-7-11(3)20-13/h7-8,10,12,14,16H,5-6,9H2,1-4H3. The van der Waals surface area contributed by atoms with Gasteiger partial charge in [0.2, 0.25) is 5.91 Å². The van der Waals surface area contributed by atoms with Crippen LogP contribution in [0, 0.1) is 6.92 Å². The van der Waals surface area contributed by atoms with Gasteiger partial charge >= 0.3 is 0 Å². The first-order valence-corrected chi connectivity index (χ1v) is 9.93. The Morgan fingerprint density at radius 1 is 1.48 bits per heavy atom. The Bertz CT molecular complexity index is 529. The van der Waals surface area contributed by atoms with E-state index in [9.17, 15) is 9.00 Å². The second-order valence-electron chi connectivity index (χ2n) is 5.69. The Balaban J connectivity index is 2.26. The number of carbonyl (C=O) groups is 1. The maximum Gasteiger partial charge on any atom is 0.241 e. The highest BCUT2D eigenvalue weighted by atomic mass is 32.2. The molecule has 0 aliphatic carbocycles. The van der Waals surface area contributed by atoms with Crippen molar-refractivity contribution in [3.8, 4) is 0 Å². The summed E-state index contributed by atoms with van der Waals surface area (Å²) in [7, 11) is -0.906. The Kier molecular flexibility index (Phi) is 5.57. The number of carbonyl (C=O) groups excluding carboxylic acids is 1. The molecule has 1 aliphatic rings. The summed E-state index contributed by atoms with van der Waals surface area (Å²) in [4.78, 5) is 17.0. The van der Waals surface area contributed by atoms with Gasteiger partial charge in [-0.3, -0.25) is 14.3 Å². The van der Waals surface area contributed by atoms with Gasteiger partial charge in [0.25, 0.3) is 0 Å². The first-order valence-electron chi connectivity index (χ1n) is 7.38. The minimum Gasteiger partial charge on any atom is -0.317 e. The number of hydrogen-bond donors (Lipinski definition) is 1. The second-order valence-corrected chi connectivity index (χ2v) is 8.49. The molecule has 0 spiro atoms. The number of rotatable bonds is 6. The molecule has 21 heavy (non-hydrogen) atoms. The van der Waals surface area contributed by atoms with Crippen molar-refractivity contribution in [3.63, 3.8) is 0 Å². The largest absolute Gasteiger partial charge is 0.317 e. The molecule has 1 aromatic heterocycles. The molecule has 2 heterocycles. The van der Waals surface area contributed by atoms with Gasteiger partial charge in [0.1, 0.15) is 6.17 Å². The van der Waals surface area contributed by atoms with Gasteiger partial charge in [-0.15, -0.1) is 11.3 Å². The monoisotopic (exact) mass is 328 g/mol. The summed E-state index contributed by atoms with van der Waals surface area (Å²) >= 11 is 1.71. The molecule has 1 saturated heterocycles. The van der Waals surface area contributed by atoms with Gasteiger partial charge < -0.3 is 4.90 Å². The summed E-state index contributed by atoms with van der Waals surface area (Å²) in [5, 5.41) is 3.46. The molecule has 1 fully saturated rings. The van der Waals surface area contributed by atoms with Crippen molar-refractivity contribution in [3.05, 3.63) is 21.9 Å². The molecule has 6 heteroatoms. The fourth-order valence-corrected chi connectivity index (χ4v) is 4.63. The van der Waals surface area contributed by atoms with E-state index in [1.165, 1.54) is 4.88 Å². The van der Waals surface area contributed by atoms with E-state index in [0.717, 1.165) is 17.7 Å². The highest BCUT2D eigenvalue weighted by Gasteiger charge is 2.42. The van der Waals surface area contributed by atoms with Gasteiger partial charge in [-0.1, -0.05) is 13.3 Å². The third kappa shape index (κ3) is 3.73. The third-order valence-electron chi connectivity index (χ3n) is 3.75. The van der Waals surface area contributed by atoms with Crippen LogP contribution in [0.3, 0.4) is 0 Å². The smallest absolute Gasteiger partial charge is 0.241 e. The first kappa shape index (κ1) is 16.6. The lowest BCUT2D eigenvalue weighted by Crippen LogP contribution is -2.41. The zero-order chi connectivity index (χ0) is 15.6. The Labute approximate surface area is 133 Å². The van der Waals surface area contributed by atoms with Crippen LogP contribution in [-0.2, 0) is 15.6 Å². The third-order valence-corrected chi connectivity index (χ3v) is 5.75. The molecule has 2 rings (SSSR count). The van der Waals surface area contributed by atoms with Gasteiger partial charge in [0.05, 0.1) is 6.04 Å². The molecular weight excluding hydrogens is 304 g/mol. The van der Waals surface area contributed by atoms with Crippen LogP contribution in [0.1, 0.15) is 42.6 Å². The summed E-state index contributed by atoms with van der Waals surface area (Å²) in [6, 6.07) is 4.03. The Morgan fingerprint density at radius 3 is 2.71 bits per heavy atom. The van der Waals surface area contributed by atoms with E-state index in [1.807, 2.05) is 11.8 Å². The lowest BCUT2D eigenvalue weighted by atomic mass is 10.1. The maximum absolute atomic E-state index is 12.7. The van der Waals surface area contributed by atoms with Gasteiger partial charge in [-0.25, -0.2) is 0 Å². The molecule has 0 bridgehead atoms. The number of nitrogens with zero attached hydrogens (tertiary/aromatic N) is 1. The van der Waals surface area contributed by atoms with Crippen LogP contribution in [0.15, 0.2) is 12.1 Å². The molecule has 0 saturated carbocycles. The van der Waals surface area contributed by atoms with Crippen LogP contribution >= 0.6 is 11.3 Å². The molecule has 4 nitrogen and oxygen atoms in total. The lowest BCUT2D eigenvalue weighted by molar-refractivity contribution is -0.131. The number of thiophene rings is 1. The predicted molar refractivity (Wildman–Crippen MR) is 88.9 cm³/mol. The average Bonchev–Trinajstić information content (AvgIpc) is 2.94. The van der Waals surface area contributed by atoms with Crippen LogP contribution in [0.2, 0.25) is 0 Å². The summed E-state index contributed by atoms with van der Waals surface area (Å²) in [5.74, 6) is 0.665. The molecule has 1 aromatic rings.